The molecule has 2 amide bonds. The maximum atomic E-state index is 12.1. The first-order valence-corrected chi connectivity index (χ1v) is 7.84. The van der Waals surface area contributed by atoms with Gasteiger partial charge in [-0.1, -0.05) is 11.6 Å². The molecule has 7 heteroatoms. The van der Waals surface area contributed by atoms with Crippen LogP contribution in [0.5, 0.6) is 0 Å². The molecule has 0 spiro atoms. The zero-order chi connectivity index (χ0) is 16.0. The topological polar surface area (TPSA) is 75.4 Å². The highest BCUT2D eigenvalue weighted by Crippen LogP contribution is 2.26. The van der Waals surface area contributed by atoms with Gasteiger partial charge >= 0.3 is 0 Å². The molecule has 116 valence electrons. The van der Waals surface area contributed by atoms with E-state index in [1.807, 2.05) is 13.8 Å². The van der Waals surface area contributed by atoms with Gasteiger partial charge < -0.3 is 16.0 Å². The van der Waals surface area contributed by atoms with Crippen LogP contribution in [0.25, 0.3) is 0 Å². The molecule has 21 heavy (non-hydrogen) atoms. The number of hydrogen-bond donors (Lipinski definition) is 2. The smallest absolute Gasteiger partial charge is 0.240 e. The first kappa shape index (κ1) is 17.8. The number of amides is 2. The molecule has 0 saturated carbocycles. The third kappa shape index (κ3) is 5.21. The number of rotatable bonds is 7. The predicted molar refractivity (Wildman–Crippen MR) is 88.3 cm³/mol. The molecule has 5 nitrogen and oxygen atoms in total. The van der Waals surface area contributed by atoms with Gasteiger partial charge in [0.2, 0.25) is 11.8 Å². The van der Waals surface area contributed by atoms with Crippen molar-refractivity contribution < 1.29 is 9.59 Å². The second kappa shape index (κ2) is 8.24. The van der Waals surface area contributed by atoms with E-state index in [1.165, 1.54) is 0 Å². The maximum Gasteiger partial charge on any atom is 0.240 e. The molecule has 3 N–H and O–H groups in total. The van der Waals surface area contributed by atoms with Crippen LogP contribution in [-0.2, 0) is 9.59 Å². The van der Waals surface area contributed by atoms with Crippen LogP contribution in [0.15, 0.2) is 22.7 Å². The van der Waals surface area contributed by atoms with Crippen LogP contribution < -0.4 is 11.1 Å². The van der Waals surface area contributed by atoms with E-state index in [9.17, 15) is 9.59 Å². The van der Waals surface area contributed by atoms with Gasteiger partial charge in [-0.05, 0) is 48.0 Å². The molecule has 1 aromatic rings. The Morgan fingerprint density at radius 2 is 2.00 bits per heavy atom. The summed E-state index contributed by atoms with van der Waals surface area (Å²) in [6.45, 7) is 5.00. The minimum atomic E-state index is -0.758. The zero-order valence-corrected chi connectivity index (χ0v) is 14.4. The fourth-order valence-corrected chi connectivity index (χ4v) is 2.39. The lowest BCUT2D eigenvalue weighted by Crippen LogP contribution is -2.41. The van der Waals surface area contributed by atoms with Gasteiger partial charge in [0, 0.05) is 23.2 Å². The lowest BCUT2D eigenvalue weighted by molar-refractivity contribution is -0.133. The molecule has 0 fully saturated rings. The molecule has 0 aliphatic carbocycles. The summed E-state index contributed by atoms with van der Waals surface area (Å²) in [5.41, 5.74) is 6.04. The average molecular weight is 377 g/mol. The number of halogens is 2. The van der Waals surface area contributed by atoms with E-state index in [-0.39, 0.29) is 12.3 Å². The summed E-state index contributed by atoms with van der Waals surface area (Å²) < 4.78 is 0.701. The van der Waals surface area contributed by atoms with E-state index in [0.29, 0.717) is 28.3 Å². The Morgan fingerprint density at radius 3 is 2.48 bits per heavy atom. The molecule has 1 rings (SSSR count). The standard InChI is InChI=1S/C14H19BrClN3O2/c1-3-19(4-2)13(20)8-12(14(17)21)18-9-5-6-11(16)10(15)7-9/h5-7,12,18H,3-4,8H2,1-2H3,(H2,17,21). The number of benzene rings is 1. The van der Waals surface area contributed by atoms with E-state index in [4.69, 9.17) is 17.3 Å². The van der Waals surface area contributed by atoms with Crippen LogP contribution in [0.4, 0.5) is 5.69 Å². The van der Waals surface area contributed by atoms with Crippen molar-refractivity contribution in [1.29, 1.82) is 0 Å². The molecular weight excluding hydrogens is 358 g/mol. The fourth-order valence-electron chi connectivity index (χ4n) is 1.89. The van der Waals surface area contributed by atoms with E-state index >= 15 is 0 Å². The Kier molecular flexibility index (Phi) is 6.98. The summed E-state index contributed by atoms with van der Waals surface area (Å²) in [6.07, 6.45) is 0.0251. The number of anilines is 1. The summed E-state index contributed by atoms with van der Waals surface area (Å²) in [6, 6.07) is 4.40. The van der Waals surface area contributed by atoms with Crippen LogP contribution in [-0.4, -0.2) is 35.8 Å². The van der Waals surface area contributed by atoms with Gasteiger partial charge in [0.1, 0.15) is 6.04 Å². The first-order valence-electron chi connectivity index (χ1n) is 6.67. The monoisotopic (exact) mass is 375 g/mol. The van der Waals surface area contributed by atoms with E-state index in [1.54, 1.807) is 23.1 Å². The van der Waals surface area contributed by atoms with Crippen molar-refractivity contribution in [1.82, 2.24) is 4.90 Å². The Morgan fingerprint density at radius 1 is 1.38 bits per heavy atom. The van der Waals surface area contributed by atoms with Crippen LogP contribution in [0, 0.1) is 0 Å². The van der Waals surface area contributed by atoms with Crippen LogP contribution in [0.2, 0.25) is 5.02 Å². The van der Waals surface area contributed by atoms with Gasteiger partial charge in [0.15, 0.2) is 0 Å². The van der Waals surface area contributed by atoms with Crippen molar-refractivity contribution in [3.8, 4) is 0 Å². The molecule has 0 aliphatic heterocycles. The van der Waals surface area contributed by atoms with Gasteiger partial charge in [0.05, 0.1) is 11.4 Å². The quantitative estimate of drug-likeness (QED) is 0.768. The number of carbonyl (C=O) groups is 2. The fraction of sp³-hybridized carbons (Fsp3) is 0.429. The number of hydrogen-bond acceptors (Lipinski definition) is 3. The second-order valence-corrected chi connectivity index (χ2v) is 5.76. The third-order valence-electron chi connectivity index (χ3n) is 3.10. The van der Waals surface area contributed by atoms with Crippen molar-refractivity contribution in [2.75, 3.05) is 18.4 Å². The molecule has 1 aromatic carbocycles. The molecule has 1 unspecified atom stereocenters. The van der Waals surface area contributed by atoms with Crippen molar-refractivity contribution >= 4 is 45.0 Å². The normalized spacial score (nSPS) is 11.8. The third-order valence-corrected chi connectivity index (χ3v) is 4.31. The predicted octanol–water partition coefficient (Wildman–Crippen LogP) is 2.63. The molecule has 0 bridgehead atoms. The largest absolute Gasteiger partial charge is 0.373 e. The SMILES string of the molecule is CCN(CC)C(=O)CC(Nc1ccc(Cl)c(Br)c1)C(N)=O. The molecule has 0 heterocycles. The summed E-state index contributed by atoms with van der Waals surface area (Å²) in [5.74, 6) is -0.675. The van der Waals surface area contributed by atoms with Crippen LogP contribution in [0.1, 0.15) is 20.3 Å². The summed E-state index contributed by atoms with van der Waals surface area (Å²) in [7, 11) is 0. The van der Waals surface area contributed by atoms with Crippen molar-refractivity contribution in [3.05, 3.63) is 27.7 Å². The molecule has 0 aliphatic rings. The van der Waals surface area contributed by atoms with E-state index in [2.05, 4.69) is 21.2 Å². The summed E-state index contributed by atoms with van der Waals surface area (Å²) >= 11 is 9.22. The van der Waals surface area contributed by atoms with Gasteiger partial charge in [0.25, 0.3) is 0 Å². The van der Waals surface area contributed by atoms with Crippen LogP contribution >= 0.6 is 27.5 Å². The Labute approximate surface area is 137 Å². The molecule has 0 radical (unpaired) electrons. The summed E-state index contributed by atoms with van der Waals surface area (Å²) in [5, 5.41) is 3.53. The minimum Gasteiger partial charge on any atom is -0.373 e. The van der Waals surface area contributed by atoms with Gasteiger partial charge in [-0.25, -0.2) is 0 Å². The zero-order valence-electron chi connectivity index (χ0n) is 12.0. The number of nitrogens with two attached hydrogens (primary N) is 1. The Balaban J connectivity index is 2.80. The number of primary amides is 1. The van der Waals surface area contributed by atoms with E-state index in [0.717, 1.165) is 0 Å². The van der Waals surface area contributed by atoms with Gasteiger partial charge in [-0.15, -0.1) is 0 Å². The van der Waals surface area contributed by atoms with Crippen LogP contribution in [0.3, 0.4) is 0 Å². The number of nitrogens with zero attached hydrogens (tertiary/aromatic N) is 1. The average Bonchev–Trinajstić information content (AvgIpc) is 2.43. The molecule has 0 saturated heterocycles. The summed E-state index contributed by atoms with van der Waals surface area (Å²) in [4.78, 5) is 25.3. The van der Waals surface area contributed by atoms with Crippen molar-refractivity contribution in [2.45, 2.75) is 26.3 Å². The molecular formula is C14H19BrClN3O2. The lowest BCUT2D eigenvalue weighted by atomic mass is 10.1. The highest BCUT2D eigenvalue weighted by atomic mass is 79.9. The van der Waals surface area contributed by atoms with Gasteiger partial charge in [-0.3, -0.25) is 9.59 Å². The maximum absolute atomic E-state index is 12.1. The molecule has 0 aromatic heterocycles. The lowest BCUT2D eigenvalue weighted by Gasteiger charge is -2.22. The number of carbonyl (C=O) groups excluding carboxylic acids is 2. The Bertz CT molecular complexity index is 521. The molecule has 1 atom stereocenters. The first-order chi connectivity index (χ1) is 9.88. The second-order valence-electron chi connectivity index (χ2n) is 4.50. The van der Waals surface area contributed by atoms with Gasteiger partial charge in [-0.2, -0.15) is 0 Å². The van der Waals surface area contributed by atoms with Crippen molar-refractivity contribution in [2.24, 2.45) is 5.73 Å². The highest BCUT2D eigenvalue weighted by molar-refractivity contribution is 9.10. The minimum absolute atomic E-state index is 0.0251. The van der Waals surface area contributed by atoms with Crippen molar-refractivity contribution in [3.63, 3.8) is 0 Å². The number of nitrogens with one attached hydrogen (secondary N) is 1. The van der Waals surface area contributed by atoms with E-state index < -0.39 is 11.9 Å². The highest BCUT2D eigenvalue weighted by Gasteiger charge is 2.22. The Hall–Kier alpha value is -1.27.